The van der Waals surface area contributed by atoms with E-state index in [1.165, 1.54) is 0 Å². The van der Waals surface area contributed by atoms with E-state index in [0.29, 0.717) is 6.61 Å². The zero-order chi connectivity index (χ0) is 12.8. The van der Waals surface area contributed by atoms with Crippen molar-refractivity contribution in [1.82, 2.24) is 0 Å². The van der Waals surface area contributed by atoms with Crippen LogP contribution in [-0.2, 0) is 6.61 Å². The molecule has 0 heterocycles. The molecular weight excluding hydrogens is 222 g/mol. The zero-order valence-electron chi connectivity index (χ0n) is 10.5. The van der Waals surface area contributed by atoms with Gasteiger partial charge in [-0.05, 0) is 11.6 Å². The first-order valence-corrected chi connectivity index (χ1v) is 5.95. The van der Waals surface area contributed by atoms with Gasteiger partial charge >= 0.3 is 0 Å². The van der Waals surface area contributed by atoms with Gasteiger partial charge in [-0.2, -0.15) is 0 Å². The van der Waals surface area contributed by atoms with Gasteiger partial charge in [-0.15, -0.1) is 0 Å². The van der Waals surface area contributed by atoms with E-state index in [-0.39, 0.29) is 0 Å². The van der Waals surface area contributed by atoms with Crippen molar-refractivity contribution >= 4 is 11.8 Å². The Morgan fingerprint density at radius 1 is 1.11 bits per heavy atom. The lowest BCUT2D eigenvalue weighted by Crippen LogP contribution is -2.00. The Morgan fingerprint density at radius 3 is 2.56 bits per heavy atom. The van der Waals surface area contributed by atoms with Gasteiger partial charge in [0.25, 0.3) is 0 Å². The second kappa shape index (κ2) is 5.92. The second-order valence-electron chi connectivity index (χ2n) is 3.95. The smallest absolute Gasteiger partial charge is 0.143 e. The summed E-state index contributed by atoms with van der Waals surface area (Å²) in [6, 6.07) is 16.1. The van der Waals surface area contributed by atoms with Crippen LogP contribution in [0.5, 0.6) is 5.75 Å². The van der Waals surface area contributed by atoms with Crippen LogP contribution >= 0.6 is 0 Å². The molecule has 18 heavy (non-hydrogen) atoms. The summed E-state index contributed by atoms with van der Waals surface area (Å²) in [7, 11) is 1.89. The molecule has 0 unspecified atom stereocenters. The summed E-state index contributed by atoms with van der Waals surface area (Å²) in [6.45, 7) is 4.37. The lowest BCUT2D eigenvalue weighted by atomic mass is 10.1. The number of benzene rings is 2. The fourth-order valence-corrected chi connectivity index (χ4v) is 1.84. The van der Waals surface area contributed by atoms with Crippen molar-refractivity contribution in [3.8, 4) is 5.75 Å². The first-order valence-electron chi connectivity index (χ1n) is 5.95. The molecule has 0 aliphatic carbocycles. The minimum atomic E-state index is 0.566. The Morgan fingerprint density at radius 2 is 1.89 bits per heavy atom. The van der Waals surface area contributed by atoms with E-state index in [1.807, 2.05) is 49.5 Å². The fourth-order valence-electron chi connectivity index (χ4n) is 1.84. The molecule has 92 valence electrons. The minimum Gasteiger partial charge on any atom is -0.487 e. The molecule has 0 bridgehead atoms. The van der Waals surface area contributed by atoms with Gasteiger partial charge in [-0.25, -0.2) is 0 Å². The van der Waals surface area contributed by atoms with Crippen molar-refractivity contribution in [2.45, 2.75) is 6.61 Å². The zero-order valence-corrected chi connectivity index (χ0v) is 10.5. The highest BCUT2D eigenvalue weighted by molar-refractivity contribution is 5.71. The van der Waals surface area contributed by atoms with Gasteiger partial charge in [0.2, 0.25) is 0 Å². The summed E-state index contributed by atoms with van der Waals surface area (Å²) in [5.74, 6) is 0.846. The van der Waals surface area contributed by atoms with Gasteiger partial charge in [-0.3, -0.25) is 0 Å². The number of hydrogen-bond acceptors (Lipinski definition) is 2. The average molecular weight is 239 g/mol. The monoisotopic (exact) mass is 239 g/mol. The molecule has 0 fully saturated rings. The Hall–Kier alpha value is -2.22. The maximum Gasteiger partial charge on any atom is 0.143 e. The third-order valence-corrected chi connectivity index (χ3v) is 2.77. The lowest BCUT2D eigenvalue weighted by molar-refractivity contribution is 0.307. The molecule has 2 aromatic carbocycles. The molecule has 0 atom stereocenters. The predicted octanol–water partition coefficient (Wildman–Crippen LogP) is 3.95. The summed E-state index contributed by atoms with van der Waals surface area (Å²) in [5, 5.41) is 3.16. The number of nitrogens with one attached hydrogen (secondary N) is 1. The van der Waals surface area contributed by atoms with Gasteiger partial charge in [0, 0.05) is 12.6 Å². The fraction of sp³-hybridized carbons (Fsp3) is 0.125. The summed E-state index contributed by atoms with van der Waals surface area (Å²) >= 11 is 0. The molecular formula is C16H17NO. The molecule has 0 amide bonds. The number of anilines is 1. The van der Waals surface area contributed by atoms with E-state index in [0.717, 1.165) is 22.6 Å². The molecule has 0 spiro atoms. The number of para-hydroxylation sites is 1. The topological polar surface area (TPSA) is 21.3 Å². The van der Waals surface area contributed by atoms with E-state index < -0.39 is 0 Å². The highest BCUT2D eigenvalue weighted by atomic mass is 16.5. The van der Waals surface area contributed by atoms with Crippen molar-refractivity contribution in [3.63, 3.8) is 0 Å². The number of hydrogen-bond donors (Lipinski definition) is 1. The van der Waals surface area contributed by atoms with Crippen molar-refractivity contribution in [2.75, 3.05) is 12.4 Å². The van der Waals surface area contributed by atoms with Gasteiger partial charge in [0.1, 0.15) is 12.4 Å². The van der Waals surface area contributed by atoms with Crippen LogP contribution < -0.4 is 10.1 Å². The van der Waals surface area contributed by atoms with Gasteiger partial charge in [0.15, 0.2) is 0 Å². The third kappa shape index (κ3) is 2.72. The lowest BCUT2D eigenvalue weighted by Gasteiger charge is -2.13. The highest BCUT2D eigenvalue weighted by Gasteiger charge is 2.05. The van der Waals surface area contributed by atoms with Gasteiger partial charge in [0.05, 0.1) is 5.69 Å². The molecule has 0 aromatic heterocycles. The van der Waals surface area contributed by atoms with E-state index in [9.17, 15) is 0 Å². The Kier molecular flexibility index (Phi) is 4.02. The Labute approximate surface area is 108 Å². The largest absolute Gasteiger partial charge is 0.487 e. The number of ether oxygens (including phenoxy) is 1. The van der Waals surface area contributed by atoms with E-state index in [2.05, 4.69) is 24.0 Å². The Bertz CT molecular complexity index is 520. The number of rotatable bonds is 5. The van der Waals surface area contributed by atoms with Gasteiger partial charge < -0.3 is 10.1 Å². The molecule has 2 nitrogen and oxygen atoms in total. The first kappa shape index (κ1) is 12.2. The first-order chi connectivity index (χ1) is 8.85. The standard InChI is InChI=1S/C16H17NO/c1-3-14-10-7-11-15(16(14)17-2)18-12-13-8-5-4-6-9-13/h3-11,17H,1,12H2,2H3. The second-order valence-corrected chi connectivity index (χ2v) is 3.95. The van der Waals surface area contributed by atoms with Crippen LogP contribution in [-0.4, -0.2) is 7.05 Å². The van der Waals surface area contributed by atoms with E-state index >= 15 is 0 Å². The molecule has 0 aliphatic rings. The maximum absolute atomic E-state index is 5.85. The molecule has 0 saturated carbocycles. The van der Waals surface area contributed by atoms with Crippen molar-refractivity contribution < 1.29 is 4.74 Å². The van der Waals surface area contributed by atoms with Gasteiger partial charge in [-0.1, -0.05) is 55.1 Å². The average Bonchev–Trinajstić information content (AvgIpc) is 2.45. The normalized spacial score (nSPS) is 9.83. The molecule has 2 rings (SSSR count). The van der Waals surface area contributed by atoms with Crippen LogP contribution in [0, 0.1) is 0 Å². The van der Waals surface area contributed by atoms with Crippen LogP contribution in [0.2, 0.25) is 0 Å². The predicted molar refractivity (Wildman–Crippen MR) is 76.9 cm³/mol. The third-order valence-electron chi connectivity index (χ3n) is 2.77. The van der Waals surface area contributed by atoms with E-state index in [4.69, 9.17) is 4.74 Å². The van der Waals surface area contributed by atoms with Crippen molar-refractivity contribution in [2.24, 2.45) is 0 Å². The van der Waals surface area contributed by atoms with Crippen LogP contribution in [0.25, 0.3) is 6.08 Å². The summed E-state index contributed by atoms with van der Waals surface area (Å²) < 4.78 is 5.85. The summed E-state index contributed by atoms with van der Waals surface area (Å²) in [5.41, 5.74) is 3.18. The van der Waals surface area contributed by atoms with Crippen LogP contribution in [0.3, 0.4) is 0 Å². The van der Waals surface area contributed by atoms with Crippen molar-refractivity contribution in [3.05, 3.63) is 66.2 Å². The van der Waals surface area contributed by atoms with Crippen molar-refractivity contribution in [1.29, 1.82) is 0 Å². The summed E-state index contributed by atoms with van der Waals surface area (Å²) in [4.78, 5) is 0. The van der Waals surface area contributed by atoms with E-state index in [1.54, 1.807) is 0 Å². The molecule has 0 saturated heterocycles. The highest BCUT2D eigenvalue weighted by Crippen LogP contribution is 2.29. The SMILES string of the molecule is C=Cc1cccc(OCc2ccccc2)c1NC. The quantitative estimate of drug-likeness (QED) is 0.853. The molecule has 2 aromatic rings. The van der Waals surface area contributed by atoms with Crippen LogP contribution in [0.1, 0.15) is 11.1 Å². The molecule has 0 radical (unpaired) electrons. The molecule has 0 aliphatic heterocycles. The summed E-state index contributed by atoms with van der Waals surface area (Å²) in [6.07, 6.45) is 1.82. The maximum atomic E-state index is 5.85. The van der Waals surface area contributed by atoms with Crippen LogP contribution in [0.15, 0.2) is 55.1 Å². The minimum absolute atomic E-state index is 0.566. The van der Waals surface area contributed by atoms with Crippen LogP contribution in [0.4, 0.5) is 5.69 Å². The Balaban J connectivity index is 2.16. The molecule has 1 N–H and O–H groups in total. The molecule has 2 heteroatoms.